The summed E-state index contributed by atoms with van der Waals surface area (Å²) in [4.78, 5) is 42.5. The quantitative estimate of drug-likeness (QED) is 0.575. The molecule has 2 aliphatic rings. The minimum Gasteiger partial charge on any atom is -0.462 e. The average Bonchev–Trinajstić information content (AvgIpc) is 3.09. The zero-order chi connectivity index (χ0) is 24.8. The number of carbonyl (C=O) groups is 3. The van der Waals surface area contributed by atoms with E-state index >= 15 is 0 Å². The Morgan fingerprint density at radius 1 is 1.03 bits per heavy atom. The predicted molar refractivity (Wildman–Crippen MR) is 131 cm³/mol. The van der Waals surface area contributed by atoms with Crippen molar-refractivity contribution in [2.75, 3.05) is 51.3 Å². The number of piperidine rings is 1. The van der Waals surface area contributed by atoms with Gasteiger partial charge in [-0.1, -0.05) is 0 Å². The van der Waals surface area contributed by atoms with Crippen LogP contribution in [0.1, 0.15) is 66.1 Å². The van der Waals surface area contributed by atoms with Crippen molar-refractivity contribution in [1.82, 2.24) is 9.80 Å². The van der Waals surface area contributed by atoms with Gasteiger partial charge in [0, 0.05) is 32.7 Å². The number of thiophene rings is 1. The van der Waals surface area contributed by atoms with Crippen LogP contribution in [0.3, 0.4) is 0 Å². The van der Waals surface area contributed by atoms with Gasteiger partial charge in [-0.05, 0) is 58.9 Å². The molecule has 10 heteroatoms. The second-order valence-electron chi connectivity index (χ2n) is 9.04. The van der Waals surface area contributed by atoms with Crippen molar-refractivity contribution in [3.63, 3.8) is 0 Å². The Kier molecular flexibility index (Phi) is 9.32. The molecule has 0 radical (unpaired) electrons. The predicted octanol–water partition coefficient (Wildman–Crippen LogP) is 3.76. The summed E-state index contributed by atoms with van der Waals surface area (Å²) in [5, 5.41) is 3.18. The number of rotatable bonds is 7. The Morgan fingerprint density at radius 3 is 2.21 bits per heavy atom. The number of nitrogens with one attached hydrogen (secondary N) is 1. The average molecular weight is 496 g/mol. The van der Waals surface area contributed by atoms with Gasteiger partial charge in [-0.3, -0.25) is 10.2 Å². The first-order chi connectivity index (χ1) is 16.2. The summed E-state index contributed by atoms with van der Waals surface area (Å²) >= 11 is 1.05. The lowest BCUT2D eigenvalue weighted by Crippen LogP contribution is -2.49. The lowest BCUT2D eigenvalue weighted by Gasteiger charge is -2.39. The molecule has 2 aliphatic heterocycles. The molecule has 34 heavy (non-hydrogen) atoms. The van der Waals surface area contributed by atoms with Gasteiger partial charge >= 0.3 is 18.0 Å². The first-order valence-electron chi connectivity index (χ1n) is 12.1. The van der Waals surface area contributed by atoms with Crippen LogP contribution in [-0.2, 0) is 14.2 Å². The number of anilines is 1. The second-order valence-corrected chi connectivity index (χ2v) is 10.1. The van der Waals surface area contributed by atoms with E-state index in [1.807, 2.05) is 0 Å². The number of carbonyl (C=O) groups excluding carboxylic acids is 3. The molecule has 0 saturated carbocycles. The molecule has 2 saturated heterocycles. The van der Waals surface area contributed by atoms with E-state index in [1.165, 1.54) is 0 Å². The van der Waals surface area contributed by atoms with Crippen molar-refractivity contribution in [1.29, 1.82) is 0 Å². The van der Waals surface area contributed by atoms with Crippen molar-refractivity contribution >= 4 is 34.3 Å². The topological polar surface area (TPSA) is 97.4 Å². The highest BCUT2D eigenvalue weighted by molar-refractivity contribution is 7.18. The maximum Gasteiger partial charge on any atom is 0.348 e. The molecule has 0 spiro atoms. The van der Waals surface area contributed by atoms with Gasteiger partial charge in [-0.15, -0.1) is 11.3 Å². The molecule has 3 heterocycles. The highest BCUT2D eigenvalue weighted by Crippen LogP contribution is 2.35. The zero-order valence-corrected chi connectivity index (χ0v) is 21.7. The minimum atomic E-state index is -0.560. The van der Waals surface area contributed by atoms with Crippen LogP contribution >= 0.6 is 11.3 Å². The van der Waals surface area contributed by atoms with E-state index in [2.05, 4.69) is 24.1 Å². The summed E-state index contributed by atoms with van der Waals surface area (Å²) in [7, 11) is 0. The van der Waals surface area contributed by atoms with Gasteiger partial charge in [0.2, 0.25) is 0 Å². The summed E-state index contributed by atoms with van der Waals surface area (Å²) in [6, 6.07) is -0.269. The number of esters is 2. The van der Waals surface area contributed by atoms with Crippen LogP contribution in [0.4, 0.5) is 9.80 Å². The molecule has 3 rings (SSSR count). The highest BCUT2D eigenvalue weighted by Gasteiger charge is 2.31. The lowest BCUT2D eigenvalue weighted by atomic mass is 9.96. The molecule has 1 aromatic heterocycles. The molecule has 2 atom stereocenters. The SMILES string of the molecule is CCOC(=O)c1sc(NC(=O)N2CCC(CN3C[C@@H](C)O[C@H](C)C3)CC2)c(C(=O)OCC)c1C. The Labute approximate surface area is 205 Å². The van der Waals surface area contributed by atoms with Gasteiger partial charge in [-0.2, -0.15) is 0 Å². The van der Waals surface area contributed by atoms with E-state index in [9.17, 15) is 14.4 Å². The van der Waals surface area contributed by atoms with Gasteiger partial charge in [0.1, 0.15) is 9.88 Å². The van der Waals surface area contributed by atoms with Crippen LogP contribution in [0.15, 0.2) is 0 Å². The fourth-order valence-electron chi connectivity index (χ4n) is 4.74. The normalized spacial score (nSPS) is 21.9. The summed E-state index contributed by atoms with van der Waals surface area (Å²) < 4.78 is 16.1. The molecule has 0 unspecified atom stereocenters. The monoisotopic (exact) mass is 495 g/mol. The number of urea groups is 1. The number of morpholine rings is 1. The van der Waals surface area contributed by atoms with Crippen molar-refractivity contribution < 1.29 is 28.6 Å². The van der Waals surface area contributed by atoms with Crippen molar-refractivity contribution in [3.05, 3.63) is 16.0 Å². The van der Waals surface area contributed by atoms with Gasteiger partial charge in [0.25, 0.3) is 0 Å². The number of likely N-dealkylation sites (tertiary alicyclic amines) is 1. The Hall–Kier alpha value is -2.17. The van der Waals surface area contributed by atoms with Crippen molar-refractivity contribution in [2.45, 2.75) is 59.7 Å². The number of hydrogen-bond acceptors (Lipinski definition) is 8. The van der Waals surface area contributed by atoms with E-state index in [-0.39, 0.29) is 37.0 Å². The summed E-state index contributed by atoms with van der Waals surface area (Å²) in [6.07, 6.45) is 2.35. The molecule has 190 valence electrons. The molecule has 2 fully saturated rings. The van der Waals surface area contributed by atoms with Gasteiger partial charge in [0.05, 0.1) is 31.0 Å². The molecule has 0 aliphatic carbocycles. The summed E-state index contributed by atoms with van der Waals surface area (Å²) in [6.45, 7) is 14.0. The second kappa shape index (κ2) is 12.0. The molecule has 9 nitrogen and oxygen atoms in total. The molecule has 0 bridgehead atoms. The fourth-order valence-corrected chi connectivity index (χ4v) is 5.81. The van der Waals surface area contributed by atoms with Crippen molar-refractivity contribution in [2.24, 2.45) is 5.92 Å². The van der Waals surface area contributed by atoms with E-state index in [1.54, 1.807) is 25.7 Å². The lowest BCUT2D eigenvalue weighted by molar-refractivity contribution is -0.0728. The van der Waals surface area contributed by atoms with Crippen LogP contribution in [0.2, 0.25) is 0 Å². The summed E-state index contributed by atoms with van der Waals surface area (Å²) in [5.41, 5.74) is 0.679. The Morgan fingerprint density at radius 2 is 1.62 bits per heavy atom. The minimum absolute atomic E-state index is 0.199. The van der Waals surface area contributed by atoms with E-state index in [4.69, 9.17) is 14.2 Å². The summed E-state index contributed by atoms with van der Waals surface area (Å²) in [5.74, 6) is -0.533. The highest BCUT2D eigenvalue weighted by atomic mass is 32.1. The first-order valence-corrected chi connectivity index (χ1v) is 13.0. The third kappa shape index (κ3) is 6.49. The van der Waals surface area contributed by atoms with E-state index < -0.39 is 11.9 Å². The maximum absolute atomic E-state index is 13.0. The molecule has 1 aromatic rings. The number of hydrogen-bond donors (Lipinski definition) is 1. The van der Waals surface area contributed by atoms with Gasteiger partial charge < -0.3 is 19.1 Å². The van der Waals surface area contributed by atoms with Crippen molar-refractivity contribution in [3.8, 4) is 0 Å². The van der Waals surface area contributed by atoms with E-state index in [0.29, 0.717) is 34.4 Å². The number of ether oxygens (including phenoxy) is 3. The third-order valence-electron chi connectivity index (χ3n) is 6.22. The maximum atomic E-state index is 13.0. The van der Waals surface area contributed by atoms with E-state index in [0.717, 1.165) is 43.8 Å². The van der Waals surface area contributed by atoms with Gasteiger partial charge in [0.15, 0.2) is 0 Å². The molecular formula is C24H37N3O6S. The zero-order valence-electron chi connectivity index (χ0n) is 20.8. The van der Waals surface area contributed by atoms with Crippen LogP contribution in [0.5, 0.6) is 0 Å². The Bertz CT molecular complexity index is 870. The smallest absolute Gasteiger partial charge is 0.348 e. The largest absolute Gasteiger partial charge is 0.462 e. The fraction of sp³-hybridized carbons (Fsp3) is 0.708. The first kappa shape index (κ1) is 26.4. The molecule has 2 amide bonds. The Balaban J connectivity index is 1.62. The third-order valence-corrected chi connectivity index (χ3v) is 7.41. The van der Waals surface area contributed by atoms with Crippen LogP contribution in [0.25, 0.3) is 0 Å². The van der Waals surface area contributed by atoms with Gasteiger partial charge in [-0.25, -0.2) is 14.4 Å². The van der Waals surface area contributed by atoms with Crippen LogP contribution < -0.4 is 5.32 Å². The van der Waals surface area contributed by atoms with Crippen LogP contribution in [0, 0.1) is 12.8 Å². The number of amides is 2. The number of nitrogens with zero attached hydrogens (tertiary/aromatic N) is 2. The molecular weight excluding hydrogens is 458 g/mol. The van der Waals surface area contributed by atoms with Crippen LogP contribution in [-0.4, -0.2) is 85.9 Å². The molecule has 1 N–H and O–H groups in total. The molecule has 0 aromatic carbocycles. The standard InChI is InChI=1S/C24H37N3O6S/c1-6-31-22(28)19-17(5)20(23(29)32-7-2)34-21(19)25-24(30)27-10-8-18(9-11-27)14-26-12-15(3)33-16(4)13-26/h15-16,18H,6-14H2,1-5H3,(H,25,30)/t15-,16-/m1/s1.